The number of aliphatic imine (C=N–C) groups is 2. The number of nitrogens with zero attached hydrogens (tertiary/aromatic N) is 5. The lowest BCUT2D eigenvalue weighted by molar-refractivity contribution is 0.0862. The maximum absolute atomic E-state index is 5.16. The molecule has 6 aromatic rings. The molecule has 3 aromatic heterocycles. The molecule has 6 heteroatoms. The first-order valence-corrected chi connectivity index (χ1v) is 20.1. The van der Waals surface area contributed by atoms with E-state index in [-0.39, 0.29) is 16.2 Å². The van der Waals surface area contributed by atoms with Gasteiger partial charge in [0, 0.05) is 46.1 Å². The van der Waals surface area contributed by atoms with Gasteiger partial charge < -0.3 is 0 Å². The highest BCUT2D eigenvalue weighted by Crippen LogP contribution is 2.55. The van der Waals surface area contributed by atoms with E-state index in [1.54, 1.807) is 0 Å². The Morgan fingerprint density at radius 1 is 0.537 bits per heavy atom. The lowest BCUT2D eigenvalue weighted by Crippen LogP contribution is -2.45. The van der Waals surface area contributed by atoms with E-state index in [0.717, 1.165) is 81.7 Å². The van der Waals surface area contributed by atoms with Gasteiger partial charge in [0.25, 0.3) is 0 Å². The summed E-state index contributed by atoms with van der Waals surface area (Å²) in [5.74, 6) is 0. The van der Waals surface area contributed by atoms with Crippen LogP contribution in [0.15, 0.2) is 138 Å². The van der Waals surface area contributed by atoms with E-state index < -0.39 is 0 Å². The van der Waals surface area contributed by atoms with Crippen LogP contribution in [0.2, 0.25) is 0 Å². The minimum absolute atomic E-state index is 0.0533. The number of hydrogen-bond donors (Lipinski definition) is 0. The van der Waals surface area contributed by atoms with E-state index >= 15 is 0 Å². The predicted octanol–water partition coefficient (Wildman–Crippen LogP) is 12.1. The van der Waals surface area contributed by atoms with Crippen LogP contribution in [0.1, 0.15) is 56.7 Å². The number of aryl methyl sites for hydroxylation is 3. The Hall–Kier alpha value is -5.12. The van der Waals surface area contributed by atoms with Gasteiger partial charge in [0.1, 0.15) is 0 Å². The predicted molar refractivity (Wildman–Crippen MR) is 231 cm³/mol. The molecule has 0 saturated heterocycles. The molecule has 3 aromatic carbocycles. The molecule has 1 fully saturated rings. The number of pyridine rings is 3. The molecule has 1 aliphatic carbocycles. The molecule has 0 aliphatic heterocycles. The van der Waals surface area contributed by atoms with Gasteiger partial charge in [-0.1, -0.05) is 120 Å². The minimum Gasteiger partial charge on any atom is -0.259 e. The molecule has 7 rings (SSSR count). The summed E-state index contributed by atoms with van der Waals surface area (Å²) in [6.07, 6.45) is 14.5. The maximum Gasteiger partial charge on any atom is 0.0838 e. The van der Waals surface area contributed by atoms with Gasteiger partial charge in [0.2, 0.25) is 0 Å². The van der Waals surface area contributed by atoms with Crippen molar-refractivity contribution in [3.05, 3.63) is 144 Å². The highest BCUT2D eigenvalue weighted by Gasteiger charge is 2.47. The first-order chi connectivity index (χ1) is 26.0. The zero-order valence-corrected chi connectivity index (χ0v) is 33.3. The first-order valence-electron chi connectivity index (χ1n) is 18.9. The van der Waals surface area contributed by atoms with Crippen molar-refractivity contribution in [2.45, 2.75) is 60.8 Å². The smallest absolute Gasteiger partial charge is 0.0838 e. The van der Waals surface area contributed by atoms with Gasteiger partial charge in [0.05, 0.1) is 40.9 Å². The van der Waals surface area contributed by atoms with E-state index in [4.69, 9.17) is 24.9 Å². The molecule has 3 unspecified atom stereocenters. The van der Waals surface area contributed by atoms with Crippen LogP contribution < -0.4 is 5.30 Å². The van der Waals surface area contributed by atoms with Crippen LogP contribution >= 0.6 is 8.58 Å². The average molecular weight is 728 g/mol. The number of hydrogen-bond acceptors (Lipinski definition) is 5. The van der Waals surface area contributed by atoms with E-state index in [2.05, 4.69) is 151 Å². The van der Waals surface area contributed by atoms with E-state index in [1.165, 1.54) is 10.9 Å². The van der Waals surface area contributed by atoms with Crippen LogP contribution in [-0.4, -0.2) is 33.5 Å². The Labute approximate surface area is 323 Å². The van der Waals surface area contributed by atoms with E-state index in [1.807, 2.05) is 30.6 Å². The van der Waals surface area contributed by atoms with Gasteiger partial charge in [-0.3, -0.25) is 24.9 Å². The summed E-state index contributed by atoms with van der Waals surface area (Å²) in [7, 11) is 0.655. The lowest BCUT2D eigenvalue weighted by atomic mass is 9.55. The molecular weight excluding hydrogens is 678 g/mol. The fraction of sp³-hybridized carbons (Fsp3) is 0.271. The molecule has 3 atom stereocenters. The molecule has 0 N–H and O–H groups in total. The third-order valence-corrected chi connectivity index (χ3v) is 12.6. The highest BCUT2D eigenvalue weighted by atomic mass is 31.1. The Kier molecular flexibility index (Phi) is 10.8. The molecule has 54 heavy (non-hydrogen) atoms. The van der Waals surface area contributed by atoms with Crippen LogP contribution in [0, 0.1) is 37.0 Å². The second-order valence-corrected chi connectivity index (χ2v) is 17.5. The van der Waals surface area contributed by atoms with E-state index in [0.29, 0.717) is 8.58 Å². The number of rotatable bonds is 10. The van der Waals surface area contributed by atoms with Crippen molar-refractivity contribution < 1.29 is 0 Å². The van der Waals surface area contributed by atoms with Crippen LogP contribution in [0.3, 0.4) is 0 Å². The van der Waals surface area contributed by atoms with Crippen LogP contribution in [0.4, 0.5) is 11.4 Å². The largest absolute Gasteiger partial charge is 0.259 e. The minimum atomic E-state index is -0.155. The summed E-state index contributed by atoms with van der Waals surface area (Å²) in [6.45, 7) is 13.7. The quantitative estimate of drug-likeness (QED) is 0.104. The zero-order chi connectivity index (χ0) is 37.8. The number of benzene rings is 3. The van der Waals surface area contributed by atoms with Crippen molar-refractivity contribution >= 4 is 37.7 Å². The Morgan fingerprint density at radius 3 is 1.31 bits per heavy atom. The summed E-state index contributed by atoms with van der Waals surface area (Å²) in [5, 5.41) is 1.34. The molecule has 0 radical (unpaired) electrons. The van der Waals surface area contributed by atoms with E-state index in [9.17, 15) is 0 Å². The standard InChI is InChI=1S/C48H50N5P/c1-34-22-40(37-16-10-7-11-17-37)49-25-43(34)52-31-46(4)28-47(5,32-53-44-26-50-41(23-35(44)2)38-18-12-8-13-19-38)30-48(6,29-46)33-54-45-27-51-42(24-36(45)3)39-20-14-9-15-21-39/h7-27,31-32,54H,28-30,33H2,1-6H3/b52-31-,53-32-. The molecular formula is C48H50N5P. The van der Waals surface area contributed by atoms with Gasteiger partial charge in [-0.15, -0.1) is 0 Å². The van der Waals surface area contributed by atoms with Crippen molar-refractivity contribution in [1.82, 2.24) is 15.0 Å². The Bertz CT molecular complexity index is 2170. The van der Waals surface area contributed by atoms with Crippen molar-refractivity contribution in [3.8, 4) is 33.8 Å². The van der Waals surface area contributed by atoms with Crippen molar-refractivity contribution in [2.24, 2.45) is 26.2 Å². The third kappa shape index (κ3) is 8.80. The van der Waals surface area contributed by atoms with Gasteiger partial charge in [-0.2, -0.15) is 0 Å². The first kappa shape index (κ1) is 37.2. The topological polar surface area (TPSA) is 63.4 Å². The van der Waals surface area contributed by atoms with Gasteiger partial charge >= 0.3 is 0 Å². The summed E-state index contributed by atoms with van der Waals surface area (Å²) in [6, 6.07) is 37.6. The third-order valence-electron chi connectivity index (χ3n) is 10.7. The lowest BCUT2D eigenvalue weighted by Gasteiger charge is -2.50. The van der Waals surface area contributed by atoms with Crippen molar-refractivity contribution in [1.29, 1.82) is 0 Å². The number of aromatic nitrogens is 3. The summed E-state index contributed by atoms with van der Waals surface area (Å²) in [4.78, 5) is 24.8. The van der Waals surface area contributed by atoms with Crippen molar-refractivity contribution in [3.63, 3.8) is 0 Å². The Balaban J connectivity index is 1.16. The monoisotopic (exact) mass is 727 g/mol. The molecule has 0 amide bonds. The molecule has 0 spiro atoms. The normalized spacial score (nSPS) is 21.7. The molecule has 0 bridgehead atoms. The average Bonchev–Trinajstić information content (AvgIpc) is 3.17. The fourth-order valence-corrected chi connectivity index (χ4v) is 9.91. The summed E-state index contributed by atoms with van der Waals surface area (Å²) < 4.78 is 0. The summed E-state index contributed by atoms with van der Waals surface area (Å²) in [5.41, 5.74) is 11.5. The van der Waals surface area contributed by atoms with Crippen LogP contribution in [0.25, 0.3) is 33.8 Å². The SMILES string of the molecule is Cc1cc(-c2ccccc2)ncc1/N=C\C1(C)CC(C)(/C=N\c2cnc(-c3ccccc3)cc2C)CC(C)(CPc2cnc(-c3ccccc3)cc2C)C1. The highest BCUT2D eigenvalue weighted by molar-refractivity contribution is 7.47. The second-order valence-electron chi connectivity index (χ2n) is 16.2. The fourth-order valence-electron chi connectivity index (χ4n) is 8.54. The summed E-state index contributed by atoms with van der Waals surface area (Å²) >= 11 is 0. The maximum atomic E-state index is 5.16. The molecule has 1 aliphatic rings. The van der Waals surface area contributed by atoms with Gasteiger partial charge in [-0.05, 0) is 91.8 Å². The second kappa shape index (κ2) is 15.7. The Morgan fingerprint density at radius 2 is 0.926 bits per heavy atom. The zero-order valence-electron chi connectivity index (χ0n) is 32.3. The van der Waals surface area contributed by atoms with Crippen molar-refractivity contribution in [2.75, 3.05) is 6.16 Å². The molecule has 3 heterocycles. The van der Waals surface area contributed by atoms with Gasteiger partial charge in [0.15, 0.2) is 0 Å². The van der Waals surface area contributed by atoms with Gasteiger partial charge in [-0.25, -0.2) is 0 Å². The molecule has 272 valence electrons. The molecule has 1 saturated carbocycles. The van der Waals surface area contributed by atoms with Crippen LogP contribution in [0.5, 0.6) is 0 Å². The van der Waals surface area contributed by atoms with Crippen LogP contribution in [-0.2, 0) is 0 Å². The molecule has 5 nitrogen and oxygen atoms in total.